The summed E-state index contributed by atoms with van der Waals surface area (Å²) in [7, 11) is 0. The van der Waals surface area contributed by atoms with Gasteiger partial charge in [0.05, 0.1) is 16.9 Å². The normalized spacial score (nSPS) is 12.1. The Balaban J connectivity index is 1.65. The molecule has 0 aliphatic heterocycles. The van der Waals surface area contributed by atoms with E-state index in [1.54, 1.807) is 42.5 Å². The highest BCUT2D eigenvalue weighted by molar-refractivity contribution is 7.10. The molecule has 1 N–H and O–H groups in total. The number of rotatable bonds is 9. The largest absolute Gasteiger partial charge is 0.343 e. The summed E-state index contributed by atoms with van der Waals surface area (Å²) in [4.78, 5) is 40.0. The summed E-state index contributed by atoms with van der Waals surface area (Å²) in [5, 5.41) is 5.53. The van der Waals surface area contributed by atoms with Crippen molar-refractivity contribution >= 4 is 28.1 Å². The van der Waals surface area contributed by atoms with Gasteiger partial charge in [-0.15, -0.1) is 11.3 Å². The second-order valence-electron chi connectivity index (χ2n) is 8.30. The Kier molecular flexibility index (Phi) is 7.43. The third kappa shape index (κ3) is 4.89. The van der Waals surface area contributed by atoms with Gasteiger partial charge >= 0.3 is 5.69 Å². The number of thiophene rings is 1. The van der Waals surface area contributed by atoms with Crippen molar-refractivity contribution in [2.45, 2.75) is 52.2 Å². The molecular formula is C27H29N3O3S. The van der Waals surface area contributed by atoms with E-state index in [4.69, 9.17) is 0 Å². The third-order valence-electron chi connectivity index (χ3n) is 6.02. The Hall–Kier alpha value is -3.45. The van der Waals surface area contributed by atoms with Crippen LogP contribution in [0, 0.1) is 0 Å². The van der Waals surface area contributed by atoms with Crippen LogP contribution in [0.15, 0.2) is 75.6 Å². The lowest BCUT2D eigenvalue weighted by molar-refractivity contribution is -0.122. The van der Waals surface area contributed by atoms with Crippen molar-refractivity contribution in [2.75, 3.05) is 0 Å². The van der Waals surface area contributed by atoms with Crippen molar-refractivity contribution in [2.24, 2.45) is 0 Å². The van der Waals surface area contributed by atoms with Crippen LogP contribution >= 0.6 is 11.3 Å². The maximum Gasteiger partial charge on any atom is 0.331 e. The number of nitrogens with one attached hydrogen (secondary N) is 1. The molecule has 1 atom stereocenters. The fourth-order valence-corrected chi connectivity index (χ4v) is 4.99. The molecule has 0 aliphatic carbocycles. The van der Waals surface area contributed by atoms with E-state index in [0.717, 1.165) is 29.7 Å². The molecule has 4 aromatic rings. The first-order chi connectivity index (χ1) is 16.5. The first-order valence-corrected chi connectivity index (χ1v) is 12.6. The Morgan fingerprint density at radius 3 is 2.41 bits per heavy atom. The van der Waals surface area contributed by atoms with Crippen molar-refractivity contribution in [3.63, 3.8) is 0 Å². The number of fused-ring (bicyclic) bond motifs is 1. The van der Waals surface area contributed by atoms with Gasteiger partial charge in [-0.3, -0.25) is 18.7 Å². The summed E-state index contributed by atoms with van der Waals surface area (Å²) in [5.74, 6) is -0.290. The van der Waals surface area contributed by atoms with Gasteiger partial charge in [0.2, 0.25) is 5.91 Å². The summed E-state index contributed by atoms with van der Waals surface area (Å²) in [6, 6.07) is 18.9. The van der Waals surface area contributed by atoms with E-state index in [9.17, 15) is 14.4 Å². The van der Waals surface area contributed by atoms with E-state index >= 15 is 0 Å². The molecule has 1 unspecified atom stereocenters. The zero-order valence-corrected chi connectivity index (χ0v) is 20.3. The van der Waals surface area contributed by atoms with Gasteiger partial charge in [-0.2, -0.15) is 0 Å². The summed E-state index contributed by atoms with van der Waals surface area (Å²) in [5.41, 5.74) is 1.92. The number of para-hydroxylation sites is 1. The molecule has 0 aliphatic rings. The van der Waals surface area contributed by atoms with Crippen LogP contribution in [0.25, 0.3) is 10.9 Å². The molecule has 6 nitrogen and oxygen atoms in total. The number of aromatic nitrogens is 2. The average Bonchev–Trinajstić information content (AvgIpc) is 3.39. The number of aryl methyl sites for hydroxylation is 1. The molecular weight excluding hydrogens is 446 g/mol. The lowest BCUT2D eigenvalue weighted by Gasteiger charge is -2.20. The van der Waals surface area contributed by atoms with E-state index < -0.39 is 5.69 Å². The minimum atomic E-state index is -0.477. The van der Waals surface area contributed by atoms with Crippen LogP contribution in [0.5, 0.6) is 0 Å². The van der Waals surface area contributed by atoms with Crippen molar-refractivity contribution < 1.29 is 4.79 Å². The topological polar surface area (TPSA) is 73.1 Å². The van der Waals surface area contributed by atoms with Crippen LogP contribution in [0.2, 0.25) is 0 Å². The number of carbonyl (C=O) groups excluding carboxylic acids is 1. The molecule has 176 valence electrons. The number of hydrogen-bond donors (Lipinski definition) is 1. The van der Waals surface area contributed by atoms with Crippen molar-refractivity contribution in [3.8, 4) is 0 Å². The number of carbonyl (C=O) groups is 1. The molecule has 0 saturated carbocycles. The maximum atomic E-state index is 13.2. The van der Waals surface area contributed by atoms with Gasteiger partial charge < -0.3 is 5.32 Å². The molecule has 0 fully saturated rings. The molecule has 1 amide bonds. The SMILES string of the molecule is CCCCc1ccc(C(NC(=O)Cn2c(=O)n(CC)c(=O)c3ccccc32)c2cccs2)cc1. The molecule has 0 bridgehead atoms. The Morgan fingerprint density at radius 1 is 0.971 bits per heavy atom. The average molecular weight is 476 g/mol. The third-order valence-corrected chi connectivity index (χ3v) is 6.95. The molecule has 4 rings (SSSR count). The number of benzene rings is 2. The number of amides is 1. The monoisotopic (exact) mass is 475 g/mol. The zero-order chi connectivity index (χ0) is 24.1. The lowest BCUT2D eigenvalue weighted by Crippen LogP contribution is -2.42. The standard InChI is InChI=1S/C27H29N3O3S/c1-3-5-9-19-13-15-20(16-14-19)25(23-12-8-17-34-23)28-24(31)18-30-22-11-7-6-10-21(22)26(32)29(4-2)27(30)33/h6-8,10-17,25H,3-5,9,18H2,1-2H3,(H,28,31). The van der Waals surface area contributed by atoms with Gasteiger partial charge in [0, 0.05) is 11.4 Å². The van der Waals surface area contributed by atoms with E-state index in [2.05, 4.69) is 36.5 Å². The number of hydrogen-bond acceptors (Lipinski definition) is 4. The summed E-state index contributed by atoms with van der Waals surface area (Å²) in [6.07, 6.45) is 3.33. The molecule has 0 spiro atoms. The smallest absolute Gasteiger partial charge is 0.331 e. The van der Waals surface area contributed by atoms with Crippen molar-refractivity contribution in [1.29, 1.82) is 0 Å². The summed E-state index contributed by atoms with van der Waals surface area (Å²) in [6.45, 7) is 4.00. The molecule has 2 aromatic heterocycles. The molecule has 7 heteroatoms. The van der Waals surface area contributed by atoms with Gasteiger partial charge in [0.1, 0.15) is 6.54 Å². The molecule has 2 aromatic carbocycles. The van der Waals surface area contributed by atoms with E-state index in [1.165, 1.54) is 14.7 Å². The fourth-order valence-electron chi connectivity index (χ4n) is 4.18. The van der Waals surface area contributed by atoms with E-state index in [0.29, 0.717) is 10.9 Å². The highest BCUT2D eigenvalue weighted by Crippen LogP contribution is 2.26. The van der Waals surface area contributed by atoms with Crippen LogP contribution < -0.4 is 16.6 Å². The quantitative estimate of drug-likeness (QED) is 0.388. The van der Waals surface area contributed by atoms with Gasteiger partial charge in [-0.25, -0.2) is 4.79 Å². The molecule has 0 saturated heterocycles. The highest BCUT2D eigenvalue weighted by atomic mass is 32.1. The van der Waals surface area contributed by atoms with Gasteiger partial charge in [0.15, 0.2) is 0 Å². The van der Waals surface area contributed by atoms with Gasteiger partial charge in [0.25, 0.3) is 5.56 Å². The first-order valence-electron chi connectivity index (χ1n) is 11.7. The van der Waals surface area contributed by atoms with Crippen LogP contribution in [0.3, 0.4) is 0 Å². The second kappa shape index (κ2) is 10.7. The van der Waals surface area contributed by atoms with Crippen LogP contribution in [0.4, 0.5) is 0 Å². The predicted molar refractivity (Wildman–Crippen MR) is 138 cm³/mol. The predicted octanol–water partition coefficient (Wildman–Crippen LogP) is 4.49. The summed E-state index contributed by atoms with van der Waals surface area (Å²) >= 11 is 1.58. The fraction of sp³-hybridized carbons (Fsp3) is 0.296. The minimum Gasteiger partial charge on any atom is -0.343 e. The molecule has 2 heterocycles. The van der Waals surface area contributed by atoms with Crippen LogP contribution in [0.1, 0.15) is 48.7 Å². The van der Waals surface area contributed by atoms with Crippen molar-refractivity contribution in [1.82, 2.24) is 14.5 Å². The number of unbranched alkanes of at least 4 members (excludes halogenated alkanes) is 1. The van der Waals surface area contributed by atoms with Crippen LogP contribution in [-0.2, 0) is 24.3 Å². The van der Waals surface area contributed by atoms with E-state index in [-0.39, 0.29) is 30.6 Å². The van der Waals surface area contributed by atoms with Crippen molar-refractivity contribution in [3.05, 3.63) is 103 Å². The number of nitrogens with zero attached hydrogens (tertiary/aromatic N) is 2. The Labute approximate surface area is 202 Å². The molecule has 0 radical (unpaired) electrons. The first kappa shape index (κ1) is 23.7. The second-order valence-corrected chi connectivity index (χ2v) is 9.28. The Bertz CT molecular complexity index is 1390. The lowest BCUT2D eigenvalue weighted by atomic mass is 10.0. The Morgan fingerprint density at radius 2 is 1.74 bits per heavy atom. The zero-order valence-electron chi connectivity index (χ0n) is 19.5. The summed E-state index contributed by atoms with van der Waals surface area (Å²) < 4.78 is 2.55. The van der Waals surface area contributed by atoms with Gasteiger partial charge in [-0.05, 0) is 54.5 Å². The van der Waals surface area contributed by atoms with Crippen LogP contribution in [-0.4, -0.2) is 15.0 Å². The minimum absolute atomic E-state index is 0.171. The maximum absolute atomic E-state index is 13.2. The van der Waals surface area contributed by atoms with E-state index in [1.807, 2.05) is 17.5 Å². The highest BCUT2D eigenvalue weighted by Gasteiger charge is 2.20. The molecule has 34 heavy (non-hydrogen) atoms. The van der Waals surface area contributed by atoms with Gasteiger partial charge in [-0.1, -0.05) is 55.8 Å².